The zero-order valence-electron chi connectivity index (χ0n) is 20.8. The molecular formula is C28H30N6O2. The Morgan fingerprint density at radius 1 is 0.889 bits per heavy atom. The van der Waals surface area contributed by atoms with E-state index in [1.54, 1.807) is 4.68 Å². The van der Waals surface area contributed by atoms with E-state index in [1.165, 1.54) is 0 Å². The van der Waals surface area contributed by atoms with Crippen LogP contribution in [0.15, 0.2) is 66.7 Å². The molecule has 1 aliphatic rings. The first-order valence-electron chi connectivity index (χ1n) is 12.1. The third-order valence-corrected chi connectivity index (χ3v) is 7.04. The Balaban J connectivity index is 1.27. The summed E-state index contributed by atoms with van der Waals surface area (Å²) in [6.07, 6.45) is 1.32. The molecule has 184 valence electrons. The maximum absolute atomic E-state index is 13.5. The van der Waals surface area contributed by atoms with E-state index in [2.05, 4.69) is 32.9 Å². The molecule has 0 bridgehead atoms. The highest BCUT2D eigenvalue weighted by atomic mass is 16.5. The Labute approximate surface area is 210 Å². The van der Waals surface area contributed by atoms with E-state index in [9.17, 15) is 4.79 Å². The van der Waals surface area contributed by atoms with Crippen molar-refractivity contribution in [3.63, 3.8) is 0 Å². The van der Waals surface area contributed by atoms with Gasteiger partial charge in [-0.05, 0) is 81.1 Å². The highest BCUT2D eigenvalue weighted by Crippen LogP contribution is 2.36. The molecule has 1 saturated heterocycles. The molecule has 0 unspecified atom stereocenters. The molecule has 0 spiro atoms. The second-order valence-electron chi connectivity index (χ2n) is 9.20. The van der Waals surface area contributed by atoms with Crippen molar-refractivity contribution in [2.24, 2.45) is 0 Å². The van der Waals surface area contributed by atoms with E-state index in [0.717, 1.165) is 33.9 Å². The smallest absolute Gasteiger partial charge is 0.235 e. The van der Waals surface area contributed by atoms with Gasteiger partial charge in [-0.3, -0.25) is 4.79 Å². The lowest BCUT2D eigenvalue weighted by molar-refractivity contribution is -0.125. The lowest BCUT2D eigenvalue weighted by Crippen LogP contribution is -2.44. The predicted molar refractivity (Wildman–Crippen MR) is 140 cm³/mol. The molecule has 4 aromatic rings. The summed E-state index contributed by atoms with van der Waals surface area (Å²) < 4.78 is 7.36. The number of ether oxygens (including phenoxy) is 1. The van der Waals surface area contributed by atoms with Crippen LogP contribution >= 0.6 is 0 Å². The van der Waals surface area contributed by atoms with Gasteiger partial charge in [0.2, 0.25) is 5.91 Å². The fraction of sp³-hybridized carbons (Fsp3) is 0.286. The molecule has 1 aliphatic heterocycles. The van der Waals surface area contributed by atoms with Gasteiger partial charge in [-0.2, -0.15) is 5.10 Å². The molecule has 2 aromatic heterocycles. The number of carbonyl (C=O) groups is 1. The molecule has 3 heterocycles. The molecule has 0 saturated carbocycles. The van der Waals surface area contributed by atoms with Crippen molar-refractivity contribution >= 4 is 23.1 Å². The Bertz CT molecular complexity index is 1340. The van der Waals surface area contributed by atoms with Crippen LogP contribution in [0.1, 0.15) is 35.4 Å². The van der Waals surface area contributed by atoms with Gasteiger partial charge in [0.1, 0.15) is 0 Å². The van der Waals surface area contributed by atoms with Gasteiger partial charge in [0.25, 0.3) is 0 Å². The predicted octanol–water partition coefficient (Wildman–Crippen LogP) is 5.02. The number of aryl methyl sites for hydroxylation is 1. The molecular weight excluding hydrogens is 452 g/mol. The van der Waals surface area contributed by atoms with Gasteiger partial charge in [0.15, 0.2) is 11.6 Å². The Kier molecular flexibility index (Phi) is 6.52. The van der Waals surface area contributed by atoms with Crippen LogP contribution in [-0.4, -0.2) is 39.1 Å². The summed E-state index contributed by atoms with van der Waals surface area (Å²) in [7, 11) is 0. The summed E-state index contributed by atoms with van der Waals surface area (Å²) in [5.41, 5.74) is 5.22. The molecule has 8 heteroatoms. The zero-order valence-corrected chi connectivity index (χ0v) is 20.8. The largest absolute Gasteiger partial charge is 0.381 e. The highest BCUT2D eigenvalue weighted by molar-refractivity contribution is 5.99. The van der Waals surface area contributed by atoms with Gasteiger partial charge < -0.3 is 15.4 Å². The summed E-state index contributed by atoms with van der Waals surface area (Å²) in [6, 6.07) is 21.3. The van der Waals surface area contributed by atoms with E-state index in [0.29, 0.717) is 37.7 Å². The fourth-order valence-corrected chi connectivity index (χ4v) is 4.61. The lowest BCUT2D eigenvalue weighted by atomic mass is 9.73. The number of hydrogen-bond acceptors (Lipinski definition) is 6. The van der Waals surface area contributed by atoms with Gasteiger partial charge in [0, 0.05) is 30.3 Å². The summed E-state index contributed by atoms with van der Waals surface area (Å²) >= 11 is 0. The van der Waals surface area contributed by atoms with Crippen LogP contribution < -0.4 is 10.6 Å². The Hall–Kier alpha value is -4.04. The summed E-state index contributed by atoms with van der Waals surface area (Å²) in [4.78, 5) is 13.5. The minimum absolute atomic E-state index is 0.00134. The maximum Gasteiger partial charge on any atom is 0.235 e. The SMILES string of the molecule is Cc1nn(-c2ccc(Nc3ccc(NC(=O)C4(c5ccccc5)CCOCC4)cc3)nn2)c(C)c1C. The van der Waals surface area contributed by atoms with Crippen LogP contribution in [0.5, 0.6) is 0 Å². The van der Waals surface area contributed by atoms with Crippen molar-refractivity contribution in [1.29, 1.82) is 0 Å². The highest BCUT2D eigenvalue weighted by Gasteiger charge is 2.41. The molecule has 2 N–H and O–H groups in total. The number of nitrogens with zero attached hydrogens (tertiary/aromatic N) is 4. The molecule has 0 aliphatic carbocycles. The van der Waals surface area contributed by atoms with Gasteiger partial charge >= 0.3 is 0 Å². The van der Waals surface area contributed by atoms with Crippen LogP contribution in [-0.2, 0) is 14.9 Å². The minimum atomic E-state index is -0.586. The summed E-state index contributed by atoms with van der Waals surface area (Å²) in [5, 5.41) is 19.5. The van der Waals surface area contributed by atoms with Crippen LogP contribution in [0.4, 0.5) is 17.2 Å². The second kappa shape index (κ2) is 9.91. The summed E-state index contributed by atoms with van der Waals surface area (Å²) in [5.74, 6) is 1.30. The van der Waals surface area contributed by atoms with Crippen molar-refractivity contribution in [2.75, 3.05) is 23.8 Å². The number of amides is 1. The van der Waals surface area contributed by atoms with E-state index >= 15 is 0 Å². The van der Waals surface area contributed by atoms with Crippen LogP contribution in [0, 0.1) is 20.8 Å². The van der Waals surface area contributed by atoms with Crippen LogP contribution in [0.3, 0.4) is 0 Å². The number of hydrogen-bond donors (Lipinski definition) is 2. The van der Waals surface area contributed by atoms with Crippen molar-refractivity contribution in [1.82, 2.24) is 20.0 Å². The molecule has 1 amide bonds. The number of aromatic nitrogens is 4. The zero-order chi connectivity index (χ0) is 25.1. The van der Waals surface area contributed by atoms with Gasteiger partial charge in [-0.15, -0.1) is 10.2 Å². The van der Waals surface area contributed by atoms with Crippen molar-refractivity contribution in [2.45, 2.75) is 39.0 Å². The lowest BCUT2D eigenvalue weighted by Gasteiger charge is -2.36. The molecule has 1 fully saturated rings. The topological polar surface area (TPSA) is 94.0 Å². The monoisotopic (exact) mass is 482 g/mol. The average Bonchev–Trinajstić information content (AvgIpc) is 3.18. The maximum atomic E-state index is 13.5. The summed E-state index contributed by atoms with van der Waals surface area (Å²) in [6.45, 7) is 7.20. The average molecular weight is 483 g/mol. The molecule has 2 aromatic carbocycles. The van der Waals surface area contributed by atoms with E-state index in [4.69, 9.17) is 4.74 Å². The number of rotatable bonds is 6. The fourth-order valence-electron chi connectivity index (χ4n) is 4.61. The molecule has 36 heavy (non-hydrogen) atoms. The quantitative estimate of drug-likeness (QED) is 0.401. The first-order chi connectivity index (χ1) is 17.5. The van der Waals surface area contributed by atoms with Crippen molar-refractivity contribution in [3.8, 4) is 5.82 Å². The first-order valence-corrected chi connectivity index (χ1v) is 12.1. The minimum Gasteiger partial charge on any atom is -0.381 e. The number of anilines is 3. The third-order valence-electron chi connectivity index (χ3n) is 7.04. The number of carbonyl (C=O) groups excluding carboxylic acids is 1. The second-order valence-corrected chi connectivity index (χ2v) is 9.20. The van der Waals surface area contributed by atoms with Crippen LogP contribution in [0.2, 0.25) is 0 Å². The Morgan fingerprint density at radius 2 is 1.58 bits per heavy atom. The van der Waals surface area contributed by atoms with Gasteiger partial charge in [0.05, 0.1) is 11.1 Å². The van der Waals surface area contributed by atoms with Gasteiger partial charge in [-0.25, -0.2) is 4.68 Å². The number of benzene rings is 2. The molecule has 8 nitrogen and oxygen atoms in total. The van der Waals surface area contributed by atoms with Gasteiger partial charge in [-0.1, -0.05) is 30.3 Å². The van der Waals surface area contributed by atoms with Crippen molar-refractivity contribution in [3.05, 3.63) is 89.2 Å². The normalized spacial score (nSPS) is 14.9. The number of nitrogens with one attached hydrogen (secondary N) is 2. The van der Waals surface area contributed by atoms with E-state index < -0.39 is 5.41 Å². The first kappa shape index (κ1) is 23.7. The third kappa shape index (κ3) is 4.59. The van der Waals surface area contributed by atoms with Crippen LogP contribution in [0.25, 0.3) is 5.82 Å². The molecule has 0 atom stereocenters. The van der Waals surface area contributed by atoms with E-state index in [1.807, 2.05) is 80.6 Å². The van der Waals surface area contributed by atoms with Crippen molar-refractivity contribution < 1.29 is 9.53 Å². The molecule has 0 radical (unpaired) electrons. The van der Waals surface area contributed by atoms with E-state index in [-0.39, 0.29) is 5.91 Å². The molecule has 5 rings (SSSR count). The Morgan fingerprint density at radius 3 is 2.19 bits per heavy atom. The standard InChI is InChI=1S/C28H30N6O2/c1-19-20(2)33-34(21(19)3)26-14-13-25(31-32-26)29-23-9-11-24(12-10-23)30-27(35)28(15-17-36-18-16-28)22-7-5-4-6-8-22/h4-14H,15-18H2,1-3H3,(H,29,31)(H,30,35).